The molecule has 0 aliphatic carbocycles. The molecule has 0 bridgehead atoms. The predicted octanol–water partition coefficient (Wildman–Crippen LogP) is 3.35. The van der Waals surface area contributed by atoms with Crippen molar-refractivity contribution in [2.45, 2.75) is 25.9 Å². The molecule has 0 saturated carbocycles. The lowest BCUT2D eigenvalue weighted by Crippen LogP contribution is -2.26. The summed E-state index contributed by atoms with van der Waals surface area (Å²) in [7, 11) is 0. The van der Waals surface area contributed by atoms with Gasteiger partial charge >= 0.3 is 0 Å². The van der Waals surface area contributed by atoms with E-state index in [-0.39, 0.29) is 0 Å². The highest BCUT2D eigenvalue weighted by molar-refractivity contribution is 5.24. The summed E-state index contributed by atoms with van der Waals surface area (Å²) < 4.78 is 0. The Hall–Kier alpha value is -1.38. The smallest absolute Gasteiger partial charge is 0.0802 e. The lowest BCUT2D eigenvalue weighted by Gasteiger charge is -2.20. The quantitative estimate of drug-likeness (QED) is 0.687. The lowest BCUT2D eigenvalue weighted by atomic mass is 10.0. The molecule has 0 amide bonds. The summed E-state index contributed by atoms with van der Waals surface area (Å²) in [6, 6.07) is 8.22. The van der Waals surface area contributed by atoms with Crippen LogP contribution in [0.5, 0.6) is 0 Å². The first-order valence-corrected chi connectivity index (χ1v) is 6.92. The fraction of sp³-hybridized carbons (Fsp3) is 0.412. The number of hydrogen-bond acceptors (Lipinski definition) is 2. The van der Waals surface area contributed by atoms with Gasteiger partial charge in [-0.3, -0.25) is 4.90 Å². The SMILES string of the molecule is C=CCN(CC=C)CCC(O)c1ccc(CC)cc1. The molecule has 1 N–H and O–H groups in total. The first kappa shape index (κ1) is 15.7. The van der Waals surface area contributed by atoms with Crippen molar-refractivity contribution in [1.82, 2.24) is 4.90 Å². The fourth-order valence-corrected chi connectivity index (χ4v) is 2.07. The third-order valence-electron chi connectivity index (χ3n) is 3.27. The van der Waals surface area contributed by atoms with Gasteiger partial charge < -0.3 is 5.11 Å². The highest BCUT2D eigenvalue weighted by Gasteiger charge is 2.09. The molecule has 2 heteroatoms. The van der Waals surface area contributed by atoms with Crippen LogP contribution in [0.1, 0.15) is 30.6 Å². The maximum absolute atomic E-state index is 10.2. The Morgan fingerprint density at radius 1 is 1.16 bits per heavy atom. The van der Waals surface area contributed by atoms with Gasteiger partial charge in [0.1, 0.15) is 0 Å². The second-order valence-electron chi connectivity index (χ2n) is 4.74. The molecule has 0 aromatic heterocycles. The lowest BCUT2D eigenvalue weighted by molar-refractivity contribution is 0.148. The zero-order chi connectivity index (χ0) is 14.1. The fourth-order valence-electron chi connectivity index (χ4n) is 2.07. The van der Waals surface area contributed by atoms with E-state index in [2.05, 4.69) is 37.1 Å². The molecule has 0 fully saturated rings. The van der Waals surface area contributed by atoms with Crippen molar-refractivity contribution >= 4 is 0 Å². The van der Waals surface area contributed by atoms with Crippen molar-refractivity contribution in [3.8, 4) is 0 Å². The Morgan fingerprint density at radius 2 is 1.74 bits per heavy atom. The molecule has 0 heterocycles. The number of aryl methyl sites for hydroxylation is 1. The molecule has 1 aromatic carbocycles. The number of aliphatic hydroxyl groups excluding tert-OH is 1. The molecule has 0 aliphatic rings. The number of benzene rings is 1. The minimum Gasteiger partial charge on any atom is -0.388 e. The predicted molar refractivity (Wildman–Crippen MR) is 82.2 cm³/mol. The first-order chi connectivity index (χ1) is 9.21. The zero-order valence-corrected chi connectivity index (χ0v) is 11.9. The van der Waals surface area contributed by atoms with E-state index in [1.54, 1.807) is 0 Å². The molecule has 0 aliphatic heterocycles. The van der Waals surface area contributed by atoms with Crippen molar-refractivity contribution < 1.29 is 5.11 Å². The minimum atomic E-state index is -0.400. The Bertz CT molecular complexity index is 373. The Labute approximate surface area is 117 Å². The van der Waals surface area contributed by atoms with E-state index >= 15 is 0 Å². The van der Waals surface area contributed by atoms with Gasteiger partial charge in [-0.15, -0.1) is 13.2 Å². The van der Waals surface area contributed by atoms with Gasteiger partial charge in [-0.1, -0.05) is 43.3 Å². The number of rotatable bonds is 9. The van der Waals surface area contributed by atoms with E-state index < -0.39 is 6.10 Å². The van der Waals surface area contributed by atoms with Crippen LogP contribution in [0.15, 0.2) is 49.6 Å². The monoisotopic (exact) mass is 259 g/mol. The standard InChI is InChI=1S/C17H25NO/c1-4-12-18(13-5-2)14-11-17(19)16-9-7-15(6-3)8-10-16/h4-5,7-10,17,19H,1-2,6,11-14H2,3H3. The van der Waals surface area contributed by atoms with Gasteiger partial charge in [0.25, 0.3) is 0 Å². The summed E-state index contributed by atoms with van der Waals surface area (Å²) in [4.78, 5) is 2.21. The molecule has 2 nitrogen and oxygen atoms in total. The Balaban J connectivity index is 2.50. The largest absolute Gasteiger partial charge is 0.388 e. The average Bonchev–Trinajstić information content (AvgIpc) is 2.45. The number of aliphatic hydroxyl groups is 1. The Morgan fingerprint density at radius 3 is 2.21 bits per heavy atom. The average molecular weight is 259 g/mol. The van der Waals surface area contributed by atoms with Crippen LogP contribution >= 0.6 is 0 Å². The third-order valence-corrected chi connectivity index (χ3v) is 3.27. The molecule has 104 valence electrons. The van der Waals surface area contributed by atoms with Crippen molar-refractivity contribution in [2.75, 3.05) is 19.6 Å². The molecular formula is C17H25NO. The summed E-state index contributed by atoms with van der Waals surface area (Å²) in [5, 5.41) is 10.2. The normalized spacial score (nSPS) is 12.4. The van der Waals surface area contributed by atoms with Crippen LogP contribution in [0.25, 0.3) is 0 Å². The highest BCUT2D eigenvalue weighted by Crippen LogP contribution is 2.18. The molecule has 0 radical (unpaired) electrons. The van der Waals surface area contributed by atoms with Gasteiger partial charge in [0.15, 0.2) is 0 Å². The van der Waals surface area contributed by atoms with Crippen LogP contribution in [-0.2, 0) is 6.42 Å². The van der Waals surface area contributed by atoms with Crippen molar-refractivity contribution in [3.05, 3.63) is 60.7 Å². The van der Waals surface area contributed by atoms with E-state index in [0.29, 0.717) is 0 Å². The number of hydrogen-bond donors (Lipinski definition) is 1. The summed E-state index contributed by atoms with van der Waals surface area (Å²) in [5.74, 6) is 0. The summed E-state index contributed by atoms with van der Waals surface area (Å²) >= 11 is 0. The van der Waals surface area contributed by atoms with Crippen LogP contribution in [0, 0.1) is 0 Å². The van der Waals surface area contributed by atoms with Gasteiger partial charge in [-0.2, -0.15) is 0 Å². The van der Waals surface area contributed by atoms with E-state index in [0.717, 1.165) is 38.0 Å². The van der Waals surface area contributed by atoms with Gasteiger partial charge in [-0.25, -0.2) is 0 Å². The van der Waals surface area contributed by atoms with Crippen molar-refractivity contribution in [1.29, 1.82) is 0 Å². The first-order valence-electron chi connectivity index (χ1n) is 6.92. The van der Waals surface area contributed by atoms with Crippen LogP contribution in [0.2, 0.25) is 0 Å². The Kier molecular flexibility index (Phi) is 7.16. The zero-order valence-electron chi connectivity index (χ0n) is 11.9. The minimum absolute atomic E-state index is 0.400. The van der Waals surface area contributed by atoms with E-state index in [1.807, 2.05) is 24.3 Å². The highest BCUT2D eigenvalue weighted by atomic mass is 16.3. The van der Waals surface area contributed by atoms with E-state index in [9.17, 15) is 5.11 Å². The van der Waals surface area contributed by atoms with Crippen LogP contribution in [-0.4, -0.2) is 29.6 Å². The molecule has 1 aromatic rings. The summed E-state index contributed by atoms with van der Waals surface area (Å²) in [6.45, 7) is 12.1. The molecular weight excluding hydrogens is 234 g/mol. The maximum Gasteiger partial charge on any atom is 0.0802 e. The molecule has 1 atom stereocenters. The second-order valence-corrected chi connectivity index (χ2v) is 4.74. The van der Waals surface area contributed by atoms with Gasteiger partial charge in [-0.05, 0) is 24.0 Å². The van der Waals surface area contributed by atoms with Gasteiger partial charge in [0.05, 0.1) is 6.10 Å². The molecule has 1 rings (SSSR count). The van der Waals surface area contributed by atoms with Crippen molar-refractivity contribution in [2.24, 2.45) is 0 Å². The molecule has 1 unspecified atom stereocenters. The van der Waals surface area contributed by atoms with E-state index in [4.69, 9.17) is 0 Å². The second kappa shape index (κ2) is 8.68. The van der Waals surface area contributed by atoms with Gasteiger partial charge in [0, 0.05) is 19.6 Å². The number of nitrogens with zero attached hydrogens (tertiary/aromatic N) is 1. The van der Waals surface area contributed by atoms with Crippen LogP contribution < -0.4 is 0 Å². The van der Waals surface area contributed by atoms with Crippen molar-refractivity contribution in [3.63, 3.8) is 0 Å². The van der Waals surface area contributed by atoms with Gasteiger partial charge in [0.2, 0.25) is 0 Å². The van der Waals surface area contributed by atoms with Crippen LogP contribution in [0.4, 0.5) is 0 Å². The maximum atomic E-state index is 10.2. The van der Waals surface area contributed by atoms with Crippen LogP contribution in [0.3, 0.4) is 0 Å². The molecule has 0 saturated heterocycles. The topological polar surface area (TPSA) is 23.5 Å². The molecule has 19 heavy (non-hydrogen) atoms. The third kappa shape index (κ3) is 5.41. The van der Waals surface area contributed by atoms with E-state index in [1.165, 1.54) is 5.56 Å². The molecule has 0 spiro atoms. The summed E-state index contributed by atoms with van der Waals surface area (Å²) in [6.07, 6.45) is 5.12. The summed E-state index contributed by atoms with van der Waals surface area (Å²) in [5.41, 5.74) is 2.30.